The summed E-state index contributed by atoms with van der Waals surface area (Å²) in [6.45, 7) is 7.84. The summed E-state index contributed by atoms with van der Waals surface area (Å²) in [6, 6.07) is 16.2. The molecule has 2 aliphatic carbocycles. The number of fused-ring (bicyclic) bond motifs is 1. The maximum Gasteiger partial charge on any atom is 0.220 e. The average Bonchev–Trinajstić information content (AvgIpc) is 2.83. The van der Waals surface area contributed by atoms with Crippen molar-refractivity contribution < 1.29 is 14.3 Å². The van der Waals surface area contributed by atoms with Crippen molar-refractivity contribution in [3.63, 3.8) is 0 Å². The van der Waals surface area contributed by atoms with E-state index in [1.807, 2.05) is 38.1 Å². The normalized spacial score (nSPS) is 15.7. The van der Waals surface area contributed by atoms with Gasteiger partial charge in [-0.05, 0) is 36.1 Å². The largest absolute Gasteiger partial charge is 0.383 e. The van der Waals surface area contributed by atoms with Crippen molar-refractivity contribution in [1.82, 2.24) is 10.2 Å². The standard InChI is InChI=1S/C21H33N3O3.C6H4/c1-4-19(25)17-8-6-7-9-18(17)22-12-15-24-13-10-21(11-14-24,16-27-3)23-20(26)5-2;1-2-6-4-3-5(1)6/h6-9,22H,4-5,10-16H2,1-3H3,(H,23,26);1-4H. The van der Waals surface area contributed by atoms with Crippen LogP contribution in [0, 0.1) is 0 Å². The molecular formula is C27H37N3O3. The molecule has 178 valence electrons. The number of carbonyl (C=O) groups excluding carboxylic acids is 2. The zero-order valence-corrected chi connectivity index (χ0v) is 20.2. The molecule has 1 amide bonds. The number of anilines is 1. The van der Waals surface area contributed by atoms with Crippen LogP contribution in [-0.2, 0) is 9.53 Å². The van der Waals surface area contributed by atoms with Crippen molar-refractivity contribution in [2.75, 3.05) is 45.2 Å². The van der Waals surface area contributed by atoms with Gasteiger partial charge in [0.05, 0.1) is 12.1 Å². The third-order valence-corrected chi connectivity index (χ3v) is 6.47. The van der Waals surface area contributed by atoms with Crippen molar-refractivity contribution in [1.29, 1.82) is 0 Å². The molecule has 6 nitrogen and oxygen atoms in total. The van der Waals surface area contributed by atoms with Crippen molar-refractivity contribution >= 4 is 17.4 Å². The first kappa shape index (κ1) is 24.9. The Morgan fingerprint density at radius 3 is 2.12 bits per heavy atom. The van der Waals surface area contributed by atoms with Crippen molar-refractivity contribution in [2.45, 2.75) is 45.1 Å². The third kappa shape index (κ3) is 6.65. The molecule has 33 heavy (non-hydrogen) atoms. The molecule has 0 spiro atoms. The highest BCUT2D eigenvalue weighted by molar-refractivity contribution is 6.00. The summed E-state index contributed by atoms with van der Waals surface area (Å²) < 4.78 is 5.37. The maximum absolute atomic E-state index is 12.0. The fourth-order valence-corrected chi connectivity index (χ4v) is 4.25. The minimum atomic E-state index is -0.244. The highest BCUT2D eigenvalue weighted by atomic mass is 16.5. The smallest absolute Gasteiger partial charge is 0.220 e. The lowest BCUT2D eigenvalue weighted by atomic mass is 9.88. The SMILES string of the molecule is CCC(=O)NC1(COC)CCN(CCNc2ccccc2C(=O)CC)CC1.c1cc2ccc1-2. The molecule has 2 N–H and O–H groups in total. The molecule has 0 atom stereocenters. The number of likely N-dealkylation sites (tertiary alicyclic amines) is 1. The quantitative estimate of drug-likeness (QED) is 0.448. The number of amides is 1. The Morgan fingerprint density at radius 1 is 0.970 bits per heavy atom. The van der Waals surface area contributed by atoms with Crippen molar-refractivity contribution in [2.24, 2.45) is 0 Å². The van der Waals surface area contributed by atoms with E-state index in [2.05, 4.69) is 39.8 Å². The van der Waals surface area contributed by atoms with E-state index in [9.17, 15) is 9.59 Å². The molecule has 3 aliphatic rings. The molecule has 4 rings (SSSR count). The first-order chi connectivity index (χ1) is 16.0. The minimum absolute atomic E-state index is 0.0827. The van der Waals surface area contributed by atoms with Crippen molar-refractivity contribution in [3.05, 3.63) is 54.1 Å². The topological polar surface area (TPSA) is 70.7 Å². The van der Waals surface area contributed by atoms with E-state index in [-0.39, 0.29) is 17.2 Å². The second kappa shape index (κ2) is 12.0. The Kier molecular flexibility index (Phi) is 9.03. The van der Waals surface area contributed by atoms with Gasteiger partial charge in [0.25, 0.3) is 0 Å². The average molecular weight is 452 g/mol. The molecule has 1 fully saturated rings. The number of carbonyl (C=O) groups is 2. The van der Waals surface area contributed by atoms with Crippen LogP contribution in [0.3, 0.4) is 0 Å². The Bertz CT molecular complexity index is 897. The number of ether oxygens (including phenoxy) is 1. The van der Waals surface area contributed by atoms with Gasteiger partial charge in [0.2, 0.25) is 5.91 Å². The summed E-state index contributed by atoms with van der Waals surface area (Å²) in [6.07, 6.45) is 2.78. The highest BCUT2D eigenvalue weighted by Gasteiger charge is 2.35. The number of para-hydroxylation sites is 1. The number of nitrogens with zero attached hydrogens (tertiary/aromatic N) is 1. The van der Waals surface area contributed by atoms with Gasteiger partial charge in [-0.25, -0.2) is 0 Å². The lowest BCUT2D eigenvalue weighted by Crippen LogP contribution is -2.58. The molecular weight excluding hydrogens is 414 g/mol. The number of benzene rings is 2. The van der Waals surface area contributed by atoms with E-state index in [1.54, 1.807) is 7.11 Å². The van der Waals surface area contributed by atoms with Gasteiger partial charge in [-0.1, -0.05) is 50.2 Å². The van der Waals surface area contributed by atoms with Crippen LogP contribution in [0.4, 0.5) is 5.69 Å². The van der Waals surface area contributed by atoms with Crippen LogP contribution in [0.5, 0.6) is 0 Å². The van der Waals surface area contributed by atoms with E-state index in [1.165, 1.54) is 11.1 Å². The van der Waals surface area contributed by atoms with Crippen LogP contribution < -0.4 is 10.6 Å². The van der Waals surface area contributed by atoms with Crippen LogP contribution >= 0.6 is 0 Å². The predicted molar refractivity (Wildman–Crippen MR) is 134 cm³/mol. The zero-order chi connectivity index (χ0) is 23.7. The van der Waals surface area contributed by atoms with Gasteiger partial charge in [-0.15, -0.1) is 0 Å². The summed E-state index contributed by atoms with van der Waals surface area (Å²) in [7, 11) is 1.69. The molecule has 6 heteroatoms. The lowest BCUT2D eigenvalue weighted by molar-refractivity contribution is -0.124. The molecule has 0 unspecified atom stereocenters. The summed E-state index contributed by atoms with van der Waals surface area (Å²) in [5.74, 6) is 0.242. The molecule has 0 bridgehead atoms. The first-order valence-corrected chi connectivity index (χ1v) is 12.0. The molecule has 1 saturated heterocycles. The second-order valence-electron chi connectivity index (χ2n) is 8.78. The monoisotopic (exact) mass is 451 g/mol. The minimum Gasteiger partial charge on any atom is -0.383 e. The summed E-state index contributed by atoms with van der Waals surface area (Å²) in [5, 5.41) is 6.57. The molecule has 1 aliphatic heterocycles. The number of Topliss-reactive ketones (excluding diaryl/α,β-unsaturated/α-hetero) is 1. The van der Waals surface area contributed by atoms with E-state index in [0.717, 1.165) is 50.3 Å². The Morgan fingerprint density at radius 2 is 1.61 bits per heavy atom. The maximum atomic E-state index is 12.0. The van der Waals surface area contributed by atoms with Crippen molar-refractivity contribution in [3.8, 4) is 11.1 Å². The Balaban J connectivity index is 0.000000431. The van der Waals surface area contributed by atoms with Gasteiger partial charge in [0.1, 0.15) is 0 Å². The fraction of sp³-hybridized carbons (Fsp3) is 0.481. The molecule has 0 saturated carbocycles. The van der Waals surface area contributed by atoms with E-state index >= 15 is 0 Å². The van der Waals surface area contributed by atoms with Gasteiger partial charge < -0.3 is 20.3 Å². The lowest BCUT2D eigenvalue weighted by Gasteiger charge is -2.42. The Labute approximate surface area is 197 Å². The van der Waals surface area contributed by atoms with Gasteiger partial charge in [0, 0.05) is 57.4 Å². The summed E-state index contributed by atoms with van der Waals surface area (Å²) in [4.78, 5) is 26.3. The summed E-state index contributed by atoms with van der Waals surface area (Å²) >= 11 is 0. The van der Waals surface area contributed by atoms with Crippen LogP contribution in [0.15, 0.2) is 48.5 Å². The van der Waals surface area contributed by atoms with E-state index in [0.29, 0.717) is 19.4 Å². The number of piperidine rings is 1. The predicted octanol–water partition coefficient (Wildman–Crippen LogP) is 4.37. The number of ketones is 1. The van der Waals surface area contributed by atoms with Crippen LogP contribution in [0.1, 0.15) is 49.9 Å². The molecule has 0 radical (unpaired) electrons. The third-order valence-electron chi connectivity index (χ3n) is 6.47. The van der Waals surface area contributed by atoms with E-state index < -0.39 is 0 Å². The number of hydrogen-bond donors (Lipinski definition) is 2. The van der Waals surface area contributed by atoms with Crippen LogP contribution in [-0.4, -0.2) is 62.0 Å². The summed E-state index contributed by atoms with van der Waals surface area (Å²) in [5.41, 5.74) is 4.28. The van der Waals surface area contributed by atoms with Gasteiger partial charge >= 0.3 is 0 Å². The molecule has 0 aromatic heterocycles. The molecule has 1 heterocycles. The van der Waals surface area contributed by atoms with Crippen LogP contribution in [0.2, 0.25) is 0 Å². The van der Waals surface area contributed by atoms with Gasteiger partial charge in [0.15, 0.2) is 5.78 Å². The van der Waals surface area contributed by atoms with Gasteiger partial charge in [-0.2, -0.15) is 0 Å². The molecule has 1 aromatic carbocycles. The zero-order valence-electron chi connectivity index (χ0n) is 20.2. The Hall–Kier alpha value is -2.70. The van der Waals surface area contributed by atoms with Crippen LogP contribution in [0.25, 0.3) is 11.1 Å². The fourth-order valence-electron chi connectivity index (χ4n) is 4.25. The number of hydrogen-bond acceptors (Lipinski definition) is 5. The van der Waals surface area contributed by atoms with E-state index in [4.69, 9.17) is 4.74 Å². The number of nitrogens with one attached hydrogen (secondary N) is 2. The second-order valence-corrected chi connectivity index (χ2v) is 8.78. The first-order valence-electron chi connectivity index (χ1n) is 12.0. The molecule has 1 aromatic rings. The number of rotatable bonds is 10. The van der Waals surface area contributed by atoms with Gasteiger partial charge in [-0.3, -0.25) is 9.59 Å². The number of methoxy groups -OCH3 is 1. The highest BCUT2D eigenvalue weighted by Crippen LogP contribution is 2.29.